The highest BCUT2D eigenvalue weighted by Crippen LogP contribution is 2.12. The quantitative estimate of drug-likeness (QED) is 0.793. The van der Waals surface area contributed by atoms with Crippen LogP contribution in [0.3, 0.4) is 0 Å². The Kier molecular flexibility index (Phi) is 3.29. The van der Waals surface area contributed by atoms with Crippen molar-refractivity contribution in [2.75, 3.05) is 13.2 Å². The van der Waals surface area contributed by atoms with Crippen LogP contribution >= 0.6 is 0 Å². The van der Waals surface area contributed by atoms with E-state index in [1.54, 1.807) is 6.20 Å². The molecule has 4 heteroatoms. The van der Waals surface area contributed by atoms with Crippen LogP contribution in [0.4, 0.5) is 0 Å². The van der Waals surface area contributed by atoms with Crippen molar-refractivity contribution in [1.82, 2.24) is 10.3 Å². The summed E-state index contributed by atoms with van der Waals surface area (Å²) in [5.41, 5.74) is 0.879. The summed E-state index contributed by atoms with van der Waals surface area (Å²) in [7, 11) is 0. The molecule has 1 saturated heterocycles. The topological polar surface area (TPSA) is 51.2 Å². The van der Waals surface area contributed by atoms with Crippen LogP contribution in [0.1, 0.15) is 12.1 Å². The zero-order valence-corrected chi connectivity index (χ0v) is 8.48. The Morgan fingerprint density at radius 1 is 1.60 bits per heavy atom. The van der Waals surface area contributed by atoms with E-state index in [0.717, 1.165) is 12.1 Å². The molecule has 0 aliphatic carbocycles. The molecule has 1 aliphatic rings. The van der Waals surface area contributed by atoms with Gasteiger partial charge in [0, 0.05) is 12.8 Å². The third-order valence-electron chi connectivity index (χ3n) is 2.47. The number of nitrogens with one attached hydrogen (secondary N) is 1. The average molecular weight is 206 g/mol. The van der Waals surface area contributed by atoms with E-state index in [-0.39, 0.29) is 11.8 Å². The van der Waals surface area contributed by atoms with Crippen LogP contribution in [0.2, 0.25) is 0 Å². The Morgan fingerprint density at radius 3 is 3.20 bits per heavy atom. The zero-order valence-electron chi connectivity index (χ0n) is 8.48. The van der Waals surface area contributed by atoms with Crippen molar-refractivity contribution in [2.45, 2.75) is 13.0 Å². The maximum atomic E-state index is 11.6. The van der Waals surface area contributed by atoms with Crippen molar-refractivity contribution in [3.63, 3.8) is 0 Å². The number of nitrogens with zero attached hydrogens (tertiary/aromatic N) is 1. The molecule has 1 aromatic rings. The first-order chi connectivity index (χ1) is 7.36. The standard InChI is InChI=1S/C11H14N2O2/c14-11(9-4-6-15-8-9)13-7-10-3-1-2-5-12-10/h1-3,5,9H,4,6-8H2,(H,13,14). The molecule has 2 heterocycles. The largest absolute Gasteiger partial charge is 0.381 e. The lowest BCUT2D eigenvalue weighted by Crippen LogP contribution is -2.30. The number of aromatic nitrogens is 1. The van der Waals surface area contributed by atoms with Crippen LogP contribution in [0.25, 0.3) is 0 Å². The molecule has 4 nitrogen and oxygen atoms in total. The van der Waals surface area contributed by atoms with Gasteiger partial charge in [0.1, 0.15) is 0 Å². The molecule has 80 valence electrons. The third kappa shape index (κ3) is 2.76. The molecule has 1 atom stereocenters. The van der Waals surface area contributed by atoms with Gasteiger partial charge in [0.25, 0.3) is 0 Å². The number of carbonyl (C=O) groups excluding carboxylic acids is 1. The van der Waals surface area contributed by atoms with Crippen molar-refractivity contribution < 1.29 is 9.53 Å². The minimum absolute atomic E-state index is 0.0220. The second kappa shape index (κ2) is 4.89. The van der Waals surface area contributed by atoms with E-state index < -0.39 is 0 Å². The van der Waals surface area contributed by atoms with Crippen molar-refractivity contribution >= 4 is 5.91 Å². The van der Waals surface area contributed by atoms with Gasteiger partial charge in [0.05, 0.1) is 24.8 Å². The van der Waals surface area contributed by atoms with E-state index >= 15 is 0 Å². The lowest BCUT2D eigenvalue weighted by molar-refractivity contribution is -0.125. The molecule has 2 rings (SSSR count). The van der Waals surface area contributed by atoms with E-state index in [0.29, 0.717) is 19.8 Å². The Morgan fingerprint density at radius 2 is 2.53 bits per heavy atom. The molecule has 1 aliphatic heterocycles. The number of hydrogen-bond donors (Lipinski definition) is 1. The molecular formula is C11H14N2O2. The summed E-state index contributed by atoms with van der Waals surface area (Å²) in [6, 6.07) is 5.66. The van der Waals surface area contributed by atoms with Crippen molar-refractivity contribution in [3.05, 3.63) is 30.1 Å². The fourth-order valence-electron chi connectivity index (χ4n) is 1.57. The Hall–Kier alpha value is -1.42. The molecular weight excluding hydrogens is 192 g/mol. The van der Waals surface area contributed by atoms with Gasteiger partial charge >= 0.3 is 0 Å². The van der Waals surface area contributed by atoms with E-state index in [1.807, 2.05) is 18.2 Å². The molecule has 0 spiro atoms. The minimum Gasteiger partial charge on any atom is -0.381 e. The summed E-state index contributed by atoms with van der Waals surface area (Å²) in [4.78, 5) is 15.7. The smallest absolute Gasteiger partial charge is 0.225 e. The highest BCUT2D eigenvalue weighted by molar-refractivity contribution is 5.78. The van der Waals surface area contributed by atoms with E-state index in [1.165, 1.54) is 0 Å². The molecule has 15 heavy (non-hydrogen) atoms. The summed E-state index contributed by atoms with van der Waals surface area (Å²) in [5.74, 6) is 0.0897. The number of rotatable bonds is 3. The predicted octanol–water partition coefficient (Wildman–Crippen LogP) is 0.734. The third-order valence-corrected chi connectivity index (χ3v) is 2.47. The molecule has 0 aromatic carbocycles. The van der Waals surface area contributed by atoms with Gasteiger partial charge in [-0.2, -0.15) is 0 Å². The number of hydrogen-bond acceptors (Lipinski definition) is 3. The Balaban J connectivity index is 1.80. The minimum atomic E-state index is 0.0220. The first kappa shape index (κ1) is 10.1. The summed E-state index contributed by atoms with van der Waals surface area (Å²) < 4.78 is 5.15. The van der Waals surface area contributed by atoms with E-state index in [2.05, 4.69) is 10.3 Å². The van der Waals surface area contributed by atoms with Crippen molar-refractivity contribution in [2.24, 2.45) is 5.92 Å². The predicted molar refractivity (Wildman–Crippen MR) is 55.0 cm³/mol. The lowest BCUT2D eigenvalue weighted by atomic mass is 10.1. The Labute approximate surface area is 88.7 Å². The second-order valence-corrected chi connectivity index (χ2v) is 3.60. The first-order valence-electron chi connectivity index (χ1n) is 5.11. The highest BCUT2D eigenvalue weighted by atomic mass is 16.5. The average Bonchev–Trinajstić information content (AvgIpc) is 2.81. The van der Waals surface area contributed by atoms with Gasteiger partial charge in [0.2, 0.25) is 5.91 Å². The van der Waals surface area contributed by atoms with Gasteiger partial charge in [-0.15, -0.1) is 0 Å². The summed E-state index contributed by atoms with van der Waals surface area (Å²) >= 11 is 0. The lowest BCUT2D eigenvalue weighted by Gasteiger charge is -2.08. The number of pyridine rings is 1. The van der Waals surface area contributed by atoms with Gasteiger partial charge in [-0.1, -0.05) is 6.07 Å². The van der Waals surface area contributed by atoms with Crippen LogP contribution < -0.4 is 5.32 Å². The number of carbonyl (C=O) groups is 1. The molecule has 0 radical (unpaired) electrons. The van der Waals surface area contributed by atoms with Crippen LogP contribution in [0.15, 0.2) is 24.4 Å². The maximum Gasteiger partial charge on any atom is 0.225 e. The van der Waals surface area contributed by atoms with Crippen molar-refractivity contribution in [3.8, 4) is 0 Å². The van der Waals surface area contributed by atoms with Gasteiger partial charge in [-0.25, -0.2) is 0 Å². The van der Waals surface area contributed by atoms with Gasteiger partial charge < -0.3 is 10.1 Å². The SMILES string of the molecule is O=C(NCc1ccccn1)C1CCOC1. The first-order valence-corrected chi connectivity index (χ1v) is 5.11. The molecule has 0 saturated carbocycles. The van der Waals surface area contributed by atoms with Crippen LogP contribution in [0, 0.1) is 5.92 Å². The van der Waals surface area contributed by atoms with E-state index in [9.17, 15) is 4.79 Å². The second-order valence-electron chi connectivity index (χ2n) is 3.60. The zero-order chi connectivity index (χ0) is 10.5. The monoisotopic (exact) mass is 206 g/mol. The van der Waals surface area contributed by atoms with Crippen molar-refractivity contribution in [1.29, 1.82) is 0 Å². The molecule has 1 N–H and O–H groups in total. The fourth-order valence-corrected chi connectivity index (χ4v) is 1.57. The van der Waals surface area contributed by atoms with E-state index in [4.69, 9.17) is 4.74 Å². The number of ether oxygens (including phenoxy) is 1. The molecule has 0 bridgehead atoms. The summed E-state index contributed by atoms with van der Waals surface area (Å²) in [6.45, 7) is 1.74. The molecule has 1 aromatic heterocycles. The van der Waals surface area contributed by atoms with Crippen LogP contribution in [-0.2, 0) is 16.1 Å². The molecule has 1 fully saturated rings. The summed E-state index contributed by atoms with van der Waals surface area (Å²) in [6.07, 6.45) is 2.55. The normalized spacial score (nSPS) is 20.1. The van der Waals surface area contributed by atoms with Gasteiger partial charge in [0.15, 0.2) is 0 Å². The highest BCUT2D eigenvalue weighted by Gasteiger charge is 2.22. The van der Waals surface area contributed by atoms with Crippen LogP contribution in [0.5, 0.6) is 0 Å². The van der Waals surface area contributed by atoms with Crippen LogP contribution in [-0.4, -0.2) is 24.1 Å². The fraction of sp³-hybridized carbons (Fsp3) is 0.455. The van der Waals surface area contributed by atoms with Gasteiger partial charge in [-0.3, -0.25) is 9.78 Å². The van der Waals surface area contributed by atoms with Gasteiger partial charge in [-0.05, 0) is 18.6 Å². The molecule has 1 amide bonds. The number of amides is 1. The Bertz CT molecular complexity index is 321. The maximum absolute atomic E-state index is 11.6. The molecule has 1 unspecified atom stereocenters. The summed E-state index contributed by atoms with van der Waals surface area (Å²) in [5, 5.41) is 2.86.